The van der Waals surface area contributed by atoms with Crippen LogP contribution in [-0.4, -0.2) is 59.5 Å². The molecule has 8 nitrogen and oxygen atoms in total. The van der Waals surface area contributed by atoms with E-state index in [1.54, 1.807) is 58.3 Å². The van der Waals surface area contributed by atoms with Crippen molar-refractivity contribution in [2.24, 2.45) is 0 Å². The fourth-order valence-corrected chi connectivity index (χ4v) is 5.49. The van der Waals surface area contributed by atoms with Crippen molar-refractivity contribution in [3.05, 3.63) is 88.9 Å². The molecule has 0 radical (unpaired) electrons. The van der Waals surface area contributed by atoms with E-state index in [2.05, 4.69) is 15.5 Å². The van der Waals surface area contributed by atoms with Gasteiger partial charge in [-0.05, 0) is 61.4 Å². The molecule has 2 aliphatic rings. The quantitative estimate of drug-likeness (QED) is 0.450. The Bertz CT molecular complexity index is 1350. The molecule has 196 valence electrons. The molecule has 1 spiro atoms. The highest BCUT2D eigenvalue weighted by Crippen LogP contribution is 2.39. The lowest BCUT2D eigenvalue weighted by molar-refractivity contribution is -0.136. The van der Waals surface area contributed by atoms with Crippen molar-refractivity contribution in [1.82, 2.24) is 9.80 Å². The number of hydrogen-bond donors (Lipinski definition) is 2. The molecule has 38 heavy (non-hydrogen) atoms. The Morgan fingerprint density at radius 2 is 1.42 bits per heavy atom. The summed E-state index contributed by atoms with van der Waals surface area (Å²) in [5.41, 5.74) is 1.24. The van der Waals surface area contributed by atoms with E-state index in [9.17, 15) is 14.4 Å². The van der Waals surface area contributed by atoms with E-state index in [-0.39, 0.29) is 31.1 Å². The first kappa shape index (κ1) is 25.9. The Morgan fingerprint density at radius 1 is 0.816 bits per heavy atom. The predicted octanol–water partition coefficient (Wildman–Crippen LogP) is 5.30. The predicted molar refractivity (Wildman–Crippen MR) is 150 cm³/mol. The zero-order chi connectivity index (χ0) is 26.7. The highest BCUT2D eigenvalue weighted by atomic mass is 35.5. The summed E-state index contributed by atoms with van der Waals surface area (Å²) in [7, 11) is 0. The van der Waals surface area contributed by atoms with Gasteiger partial charge in [0.2, 0.25) is 5.91 Å². The lowest BCUT2D eigenvalue weighted by atomic mass is 9.85. The van der Waals surface area contributed by atoms with Crippen LogP contribution in [0, 0.1) is 0 Å². The van der Waals surface area contributed by atoms with Crippen LogP contribution >= 0.6 is 23.2 Å². The second kappa shape index (κ2) is 10.9. The van der Waals surface area contributed by atoms with Crippen molar-refractivity contribution in [2.45, 2.75) is 18.4 Å². The van der Waals surface area contributed by atoms with Crippen molar-refractivity contribution in [3.8, 4) is 0 Å². The van der Waals surface area contributed by atoms with E-state index in [0.29, 0.717) is 47.4 Å². The summed E-state index contributed by atoms with van der Waals surface area (Å²) in [6.07, 6.45) is 0.881. The number of halogens is 2. The highest BCUT2D eigenvalue weighted by Gasteiger charge is 2.54. The standard InChI is InChI=1S/C28H27Cl2N5O3/c29-20-6-4-8-22(16-20)31-25(36)18-34-19-35(24-10-2-1-3-11-24)28(26(34)37)12-14-33(15-13-28)27(38)32-23-9-5-7-21(30)17-23/h1-11,16-17H,12-15,18-19H2,(H,31,36)(H,32,38). The minimum Gasteiger partial charge on any atom is -0.339 e. The number of rotatable bonds is 5. The van der Waals surface area contributed by atoms with Crippen LogP contribution in [-0.2, 0) is 9.59 Å². The molecule has 3 aromatic carbocycles. The third-order valence-corrected chi connectivity index (χ3v) is 7.45. The molecule has 2 fully saturated rings. The van der Waals surface area contributed by atoms with Crippen molar-refractivity contribution in [3.63, 3.8) is 0 Å². The third kappa shape index (κ3) is 5.42. The summed E-state index contributed by atoms with van der Waals surface area (Å²) in [6, 6.07) is 23.3. The highest BCUT2D eigenvalue weighted by molar-refractivity contribution is 6.31. The largest absolute Gasteiger partial charge is 0.339 e. The van der Waals surface area contributed by atoms with Gasteiger partial charge in [-0.3, -0.25) is 9.59 Å². The number of amides is 4. The number of anilines is 3. The molecule has 0 aliphatic carbocycles. The Kier molecular flexibility index (Phi) is 7.44. The minimum atomic E-state index is -0.843. The molecular formula is C28H27Cl2N5O3. The number of piperidine rings is 1. The van der Waals surface area contributed by atoms with Gasteiger partial charge < -0.3 is 25.3 Å². The molecule has 2 saturated heterocycles. The van der Waals surface area contributed by atoms with E-state index in [1.165, 1.54) is 0 Å². The van der Waals surface area contributed by atoms with Gasteiger partial charge in [-0.25, -0.2) is 4.79 Å². The first-order valence-corrected chi connectivity index (χ1v) is 13.1. The number of likely N-dealkylation sites (tertiary alicyclic amines) is 1. The molecule has 0 saturated carbocycles. The van der Waals surface area contributed by atoms with E-state index >= 15 is 0 Å². The Morgan fingerprint density at radius 3 is 2.03 bits per heavy atom. The smallest absolute Gasteiger partial charge is 0.321 e. The van der Waals surface area contributed by atoms with Crippen molar-refractivity contribution < 1.29 is 14.4 Å². The molecule has 2 heterocycles. The number of para-hydroxylation sites is 1. The maximum Gasteiger partial charge on any atom is 0.321 e. The zero-order valence-corrected chi connectivity index (χ0v) is 22.1. The summed E-state index contributed by atoms with van der Waals surface area (Å²) in [6.45, 7) is 0.976. The van der Waals surface area contributed by atoms with Crippen LogP contribution in [0.2, 0.25) is 10.0 Å². The van der Waals surface area contributed by atoms with Gasteiger partial charge in [0.15, 0.2) is 0 Å². The summed E-state index contributed by atoms with van der Waals surface area (Å²) in [4.78, 5) is 45.0. The number of hydrogen-bond acceptors (Lipinski definition) is 4. The van der Waals surface area contributed by atoms with Crippen LogP contribution in [0.3, 0.4) is 0 Å². The van der Waals surface area contributed by atoms with Crippen LogP contribution in [0.25, 0.3) is 0 Å². The fraction of sp³-hybridized carbons (Fsp3) is 0.250. The van der Waals surface area contributed by atoms with Crippen molar-refractivity contribution in [1.29, 1.82) is 0 Å². The number of nitrogens with one attached hydrogen (secondary N) is 2. The van der Waals surface area contributed by atoms with Gasteiger partial charge >= 0.3 is 6.03 Å². The van der Waals surface area contributed by atoms with Gasteiger partial charge in [-0.1, -0.05) is 53.5 Å². The summed E-state index contributed by atoms with van der Waals surface area (Å²) >= 11 is 12.1. The van der Waals surface area contributed by atoms with E-state index in [0.717, 1.165) is 5.69 Å². The van der Waals surface area contributed by atoms with Gasteiger partial charge in [0.1, 0.15) is 12.1 Å². The minimum absolute atomic E-state index is 0.0879. The van der Waals surface area contributed by atoms with Crippen molar-refractivity contribution in [2.75, 3.05) is 41.8 Å². The average molecular weight is 552 g/mol. The van der Waals surface area contributed by atoms with Gasteiger partial charge in [-0.2, -0.15) is 0 Å². The number of benzene rings is 3. The molecule has 0 aromatic heterocycles. The molecule has 4 amide bonds. The normalized spacial score (nSPS) is 16.6. The van der Waals surface area contributed by atoms with E-state index in [4.69, 9.17) is 23.2 Å². The van der Waals surface area contributed by atoms with Crippen molar-refractivity contribution >= 4 is 58.1 Å². The molecule has 5 rings (SSSR count). The lowest BCUT2D eigenvalue weighted by Gasteiger charge is -2.43. The summed E-state index contributed by atoms with van der Waals surface area (Å²) < 4.78 is 0. The van der Waals surface area contributed by atoms with Gasteiger partial charge in [-0.15, -0.1) is 0 Å². The molecule has 0 bridgehead atoms. The fourth-order valence-electron chi connectivity index (χ4n) is 5.11. The van der Waals surface area contributed by atoms with Crippen LogP contribution in [0.5, 0.6) is 0 Å². The summed E-state index contributed by atoms with van der Waals surface area (Å²) in [5, 5.41) is 6.75. The van der Waals surface area contributed by atoms with Crippen LogP contribution < -0.4 is 15.5 Å². The van der Waals surface area contributed by atoms with Gasteiger partial charge in [0, 0.05) is 40.2 Å². The van der Waals surface area contributed by atoms with Gasteiger partial charge in [0.25, 0.3) is 5.91 Å². The Labute approximate surface area is 231 Å². The maximum absolute atomic E-state index is 13.9. The molecule has 0 atom stereocenters. The number of urea groups is 1. The Balaban J connectivity index is 1.30. The summed E-state index contributed by atoms with van der Waals surface area (Å²) in [5.74, 6) is -0.415. The first-order chi connectivity index (χ1) is 18.3. The number of carbonyl (C=O) groups is 3. The third-order valence-electron chi connectivity index (χ3n) is 6.98. The average Bonchev–Trinajstić information content (AvgIpc) is 3.15. The number of carbonyl (C=O) groups excluding carboxylic acids is 3. The topological polar surface area (TPSA) is 85.0 Å². The molecule has 2 aliphatic heterocycles. The second-order valence-electron chi connectivity index (χ2n) is 9.43. The SMILES string of the molecule is O=C(CN1CN(c2ccccc2)C2(CCN(C(=O)Nc3cccc(Cl)c3)CC2)C1=O)Nc1cccc(Cl)c1. The van der Waals surface area contributed by atoms with E-state index in [1.807, 2.05) is 30.3 Å². The maximum atomic E-state index is 13.9. The molecule has 0 unspecified atom stereocenters. The Hall–Kier alpha value is -3.75. The lowest BCUT2D eigenvalue weighted by Crippen LogP contribution is -2.58. The van der Waals surface area contributed by atoms with E-state index < -0.39 is 5.54 Å². The second-order valence-corrected chi connectivity index (χ2v) is 10.3. The number of nitrogens with zero attached hydrogens (tertiary/aromatic N) is 3. The van der Waals surface area contributed by atoms with Gasteiger partial charge in [0.05, 0.1) is 6.67 Å². The van der Waals surface area contributed by atoms with Crippen LogP contribution in [0.4, 0.5) is 21.9 Å². The molecule has 10 heteroatoms. The zero-order valence-electron chi connectivity index (χ0n) is 20.6. The molecular weight excluding hydrogens is 525 g/mol. The van der Waals surface area contributed by atoms with Crippen LogP contribution in [0.15, 0.2) is 78.9 Å². The monoisotopic (exact) mass is 551 g/mol. The molecule has 3 aromatic rings. The van der Waals surface area contributed by atoms with Crippen LogP contribution in [0.1, 0.15) is 12.8 Å². The first-order valence-electron chi connectivity index (χ1n) is 12.3. The molecule has 2 N–H and O–H groups in total.